The standard InChI is InChI=1S/C10H8FN2S/c1-14-10-6-9(12-13-10)7-2-4-8(11)5-3-7/h2-6H,1H3. The van der Waals surface area contributed by atoms with Gasteiger partial charge >= 0.3 is 0 Å². The van der Waals surface area contributed by atoms with E-state index in [1.807, 2.05) is 12.3 Å². The highest BCUT2D eigenvalue weighted by Gasteiger charge is 2.10. The maximum Gasteiger partial charge on any atom is 0.123 e. The van der Waals surface area contributed by atoms with Crippen LogP contribution in [-0.4, -0.2) is 11.3 Å². The monoisotopic (exact) mass is 207 g/mol. The second-order valence-electron chi connectivity index (χ2n) is 2.78. The molecule has 2 nitrogen and oxygen atoms in total. The van der Waals surface area contributed by atoms with Crippen LogP contribution in [-0.2, 0) is 0 Å². The zero-order valence-electron chi connectivity index (χ0n) is 7.57. The molecule has 4 heteroatoms. The first-order valence-corrected chi connectivity index (χ1v) is 5.32. The average Bonchev–Trinajstić information content (AvgIpc) is 2.67. The molecule has 0 spiro atoms. The molecule has 1 aromatic carbocycles. The summed E-state index contributed by atoms with van der Waals surface area (Å²) in [4.78, 5) is 0. The lowest BCUT2D eigenvalue weighted by Crippen LogP contribution is -1.91. The summed E-state index contributed by atoms with van der Waals surface area (Å²) in [5.41, 5.74) is 5.67. The Morgan fingerprint density at radius 1 is 1.21 bits per heavy atom. The van der Waals surface area contributed by atoms with Crippen molar-refractivity contribution in [3.8, 4) is 0 Å². The molecule has 0 amide bonds. The van der Waals surface area contributed by atoms with Crippen LogP contribution in [0.15, 0.2) is 35.4 Å². The fourth-order valence-electron chi connectivity index (χ4n) is 1.14. The summed E-state index contributed by atoms with van der Waals surface area (Å²) in [5, 5.41) is 4.83. The zero-order valence-corrected chi connectivity index (χ0v) is 8.38. The Balaban J connectivity index is 2.22. The van der Waals surface area contributed by atoms with E-state index in [0.717, 1.165) is 16.3 Å². The summed E-state index contributed by atoms with van der Waals surface area (Å²) in [7, 11) is 0. The maximum atomic E-state index is 12.6. The summed E-state index contributed by atoms with van der Waals surface area (Å²) in [6, 6.07) is 6.23. The van der Waals surface area contributed by atoms with Crippen LogP contribution in [0, 0.1) is 5.82 Å². The van der Waals surface area contributed by atoms with Crippen LogP contribution in [0.2, 0.25) is 0 Å². The Bertz CT molecular complexity index is 395. The SMILES string of the molecule is CSC1=N[N]C(c2ccc(F)cc2)=C1. The largest absolute Gasteiger partial charge is 0.207 e. The summed E-state index contributed by atoms with van der Waals surface area (Å²) in [6.07, 6.45) is 3.83. The van der Waals surface area contributed by atoms with E-state index in [4.69, 9.17) is 0 Å². The van der Waals surface area contributed by atoms with Crippen molar-refractivity contribution in [1.82, 2.24) is 5.43 Å². The van der Waals surface area contributed by atoms with Crippen molar-refractivity contribution in [3.05, 3.63) is 41.7 Å². The van der Waals surface area contributed by atoms with Gasteiger partial charge < -0.3 is 0 Å². The Kier molecular flexibility index (Phi) is 2.54. The number of hydrogen-bond acceptors (Lipinski definition) is 2. The molecule has 0 aromatic heterocycles. The molecule has 0 N–H and O–H groups in total. The molecule has 71 valence electrons. The van der Waals surface area contributed by atoms with Gasteiger partial charge in [0.05, 0.1) is 5.70 Å². The molecule has 0 atom stereocenters. The van der Waals surface area contributed by atoms with Crippen LogP contribution in [0.3, 0.4) is 0 Å². The normalized spacial score (nSPS) is 14.7. The third kappa shape index (κ3) is 1.80. The van der Waals surface area contributed by atoms with E-state index in [9.17, 15) is 4.39 Å². The van der Waals surface area contributed by atoms with E-state index in [1.54, 1.807) is 12.1 Å². The molecule has 0 aliphatic carbocycles. The third-order valence-corrected chi connectivity index (χ3v) is 2.48. The minimum atomic E-state index is -0.238. The Hall–Kier alpha value is -1.29. The number of hydrogen-bond donors (Lipinski definition) is 0. The minimum absolute atomic E-state index is 0.238. The van der Waals surface area contributed by atoms with Gasteiger partial charge in [0.1, 0.15) is 10.9 Å². The predicted octanol–water partition coefficient (Wildman–Crippen LogP) is 2.46. The van der Waals surface area contributed by atoms with Gasteiger partial charge in [0, 0.05) is 11.6 Å². The highest BCUT2D eigenvalue weighted by atomic mass is 32.2. The number of nitrogens with zero attached hydrogens (tertiary/aromatic N) is 2. The first kappa shape index (κ1) is 9.27. The molecular weight excluding hydrogens is 199 g/mol. The fourth-order valence-corrected chi connectivity index (χ4v) is 1.49. The maximum absolute atomic E-state index is 12.6. The topological polar surface area (TPSA) is 26.5 Å². The number of rotatable bonds is 1. The van der Waals surface area contributed by atoms with Crippen LogP contribution >= 0.6 is 11.8 Å². The van der Waals surface area contributed by atoms with Gasteiger partial charge in [-0.1, -0.05) is 0 Å². The number of benzene rings is 1. The van der Waals surface area contributed by atoms with Gasteiger partial charge in [-0.3, -0.25) is 0 Å². The molecule has 1 aliphatic heterocycles. The lowest BCUT2D eigenvalue weighted by Gasteiger charge is -1.98. The van der Waals surface area contributed by atoms with E-state index in [0.29, 0.717) is 0 Å². The Labute approximate surface area is 85.9 Å². The van der Waals surface area contributed by atoms with E-state index in [1.165, 1.54) is 23.9 Å². The fraction of sp³-hybridized carbons (Fsp3) is 0.100. The Morgan fingerprint density at radius 2 is 1.93 bits per heavy atom. The minimum Gasteiger partial charge on any atom is -0.207 e. The van der Waals surface area contributed by atoms with Gasteiger partial charge in [0.25, 0.3) is 0 Å². The molecule has 0 unspecified atom stereocenters. The molecule has 0 bridgehead atoms. The van der Waals surface area contributed by atoms with Gasteiger partial charge in [-0.15, -0.1) is 22.3 Å². The van der Waals surface area contributed by atoms with E-state index < -0.39 is 0 Å². The van der Waals surface area contributed by atoms with Crippen LogP contribution in [0.25, 0.3) is 5.70 Å². The molecule has 0 saturated carbocycles. The molecule has 0 fully saturated rings. The summed E-state index contributed by atoms with van der Waals surface area (Å²) < 4.78 is 12.6. The first-order chi connectivity index (χ1) is 6.79. The quantitative estimate of drug-likeness (QED) is 0.694. The summed E-state index contributed by atoms with van der Waals surface area (Å²) in [5.74, 6) is -0.238. The van der Waals surface area contributed by atoms with E-state index >= 15 is 0 Å². The molecule has 1 aromatic rings. The average molecular weight is 207 g/mol. The smallest absolute Gasteiger partial charge is 0.123 e. The molecule has 1 radical (unpaired) electrons. The number of halogens is 1. The third-order valence-electron chi connectivity index (χ3n) is 1.87. The van der Waals surface area contributed by atoms with Crippen LogP contribution in [0.4, 0.5) is 4.39 Å². The zero-order chi connectivity index (χ0) is 9.97. The lowest BCUT2D eigenvalue weighted by atomic mass is 10.1. The van der Waals surface area contributed by atoms with Gasteiger partial charge in [-0.2, -0.15) is 0 Å². The molecule has 1 aliphatic rings. The highest BCUT2D eigenvalue weighted by Crippen LogP contribution is 2.19. The lowest BCUT2D eigenvalue weighted by molar-refractivity contribution is 0.627. The first-order valence-electron chi connectivity index (χ1n) is 4.10. The van der Waals surface area contributed by atoms with Crippen LogP contribution in [0.5, 0.6) is 0 Å². The summed E-state index contributed by atoms with van der Waals surface area (Å²) in [6.45, 7) is 0. The van der Waals surface area contributed by atoms with E-state index in [-0.39, 0.29) is 5.82 Å². The van der Waals surface area contributed by atoms with Crippen molar-refractivity contribution in [2.75, 3.05) is 6.26 Å². The van der Waals surface area contributed by atoms with Crippen molar-refractivity contribution in [2.45, 2.75) is 0 Å². The van der Waals surface area contributed by atoms with Gasteiger partial charge in [0.15, 0.2) is 0 Å². The van der Waals surface area contributed by atoms with Crippen molar-refractivity contribution < 1.29 is 4.39 Å². The molecule has 14 heavy (non-hydrogen) atoms. The highest BCUT2D eigenvalue weighted by molar-refractivity contribution is 8.13. The van der Waals surface area contributed by atoms with Crippen LogP contribution in [0.1, 0.15) is 5.56 Å². The number of thioether (sulfide) groups is 1. The van der Waals surface area contributed by atoms with Gasteiger partial charge in [0.2, 0.25) is 0 Å². The van der Waals surface area contributed by atoms with Crippen molar-refractivity contribution in [1.29, 1.82) is 0 Å². The van der Waals surface area contributed by atoms with Gasteiger partial charge in [-0.05, 0) is 30.5 Å². The molecular formula is C10H8FN2S. The predicted molar refractivity (Wildman–Crippen MR) is 57.5 cm³/mol. The summed E-state index contributed by atoms with van der Waals surface area (Å²) >= 11 is 1.54. The van der Waals surface area contributed by atoms with Gasteiger partial charge in [-0.25, -0.2) is 4.39 Å². The van der Waals surface area contributed by atoms with Crippen LogP contribution < -0.4 is 5.43 Å². The molecule has 0 saturated heterocycles. The Morgan fingerprint density at radius 3 is 2.50 bits per heavy atom. The molecule has 2 rings (SSSR count). The van der Waals surface area contributed by atoms with Crippen molar-refractivity contribution in [2.24, 2.45) is 5.10 Å². The second kappa shape index (κ2) is 3.84. The van der Waals surface area contributed by atoms with Crippen molar-refractivity contribution >= 4 is 22.5 Å². The second-order valence-corrected chi connectivity index (χ2v) is 3.61. The van der Waals surface area contributed by atoms with E-state index in [2.05, 4.69) is 10.5 Å². The van der Waals surface area contributed by atoms with Crippen molar-refractivity contribution in [3.63, 3.8) is 0 Å². The molecule has 1 heterocycles.